The van der Waals surface area contributed by atoms with Gasteiger partial charge in [0, 0.05) is 22.8 Å². The molecule has 5 rings (SSSR count). The van der Waals surface area contributed by atoms with Crippen LogP contribution in [0.1, 0.15) is 38.3 Å². The lowest BCUT2D eigenvalue weighted by Gasteiger charge is -2.30. The Morgan fingerprint density at radius 2 is 1.58 bits per heavy atom. The summed E-state index contributed by atoms with van der Waals surface area (Å²) in [6.07, 6.45) is 0.823. The van der Waals surface area contributed by atoms with E-state index in [0.29, 0.717) is 22.3 Å². The number of rotatable bonds is 0. The average Bonchev–Trinajstić information content (AvgIpc) is 2.86. The van der Waals surface area contributed by atoms with Crippen LogP contribution in [0, 0.1) is 0 Å². The second-order valence-corrected chi connectivity index (χ2v) is 6.51. The summed E-state index contributed by atoms with van der Waals surface area (Å²) in [5, 5.41) is 31.3. The van der Waals surface area contributed by atoms with E-state index >= 15 is 0 Å². The number of Topliss-reactive ketones (excluding diaryl/α,β-unsaturated/α-hetero) is 1. The van der Waals surface area contributed by atoms with Gasteiger partial charge in [-0.1, -0.05) is 24.3 Å². The Morgan fingerprint density at radius 1 is 0.923 bits per heavy atom. The molecule has 128 valence electrons. The molecule has 26 heavy (non-hydrogen) atoms. The van der Waals surface area contributed by atoms with Gasteiger partial charge in [0.25, 0.3) is 0 Å². The van der Waals surface area contributed by atoms with Crippen molar-refractivity contribution < 1.29 is 29.6 Å². The molecule has 1 aliphatic heterocycles. The van der Waals surface area contributed by atoms with Gasteiger partial charge in [-0.25, -0.2) is 0 Å². The van der Waals surface area contributed by atoms with Gasteiger partial charge in [0.2, 0.25) is 5.79 Å². The first-order chi connectivity index (χ1) is 12.4. The number of allylic oxidation sites excluding steroid dienone is 2. The molecule has 1 heterocycles. The zero-order valence-electron chi connectivity index (χ0n) is 13.3. The van der Waals surface area contributed by atoms with Crippen molar-refractivity contribution in [3.63, 3.8) is 0 Å². The number of ketones is 2. The van der Waals surface area contributed by atoms with Gasteiger partial charge in [0.1, 0.15) is 17.3 Å². The summed E-state index contributed by atoms with van der Waals surface area (Å²) in [5.74, 6) is -3.02. The summed E-state index contributed by atoms with van der Waals surface area (Å²) in [4.78, 5) is 24.9. The van der Waals surface area contributed by atoms with Gasteiger partial charge in [-0.3, -0.25) is 9.59 Å². The summed E-state index contributed by atoms with van der Waals surface area (Å²) in [5.41, 5.74) is 1.76. The van der Waals surface area contributed by atoms with Crippen molar-refractivity contribution in [1.29, 1.82) is 0 Å². The molecule has 6 nitrogen and oxygen atoms in total. The van der Waals surface area contributed by atoms with Gasteiger partial charge in [0.05, 0.1) is 17.5 Å². The molecule has 1 atom stereocenters. The normalized spacial score (nSPS) is 22.9. The number of aromatic hydroxyl groups is 2. The lowest BCUT2D eigenvalue weighted by atomic mass is 9.77. The van der Waals surface area contributed by atoms with E-state index in [-0.39, 0.29) is 34.8 Å². The fourth-order valence-corrected chi connectivity index (χ4v) is 3.99. The molecule has 0 unspecified atom stereocenters. The van der Waals surface area contributed by atoms with Crippen molar-refractivity contribution >= 4 is 22.7 Å². The van der Waals surface area contributed by atoms with E-state index < -0.39 is 17.4 Å². The van der Waals surface area contributed by atoms with E-state index in [1.807, 2.05) is 0 Å². The number of phenols is 2. The molecule has 3 N–H and O–H groups in total. The number of fused-ring (bicyclic) bond motifs is 6. The van der Waals surface area contributed by atoms with Crippen LogP contribution in [0.15, 0.2) is 48.2 Å². The van der Waals surface area contributed by atoms with Crippen molar-refractivity contribution in [3.8, 4) is 11.5 Å². The highest BCUT2D eigenvalue weighted by Gasteiger charge is 2.52. The molecule has 3 aliphatic rings. The largest absolute Gasteiger partial charge is 0.507 e. The summed E-state index contributed by atoms with van der Waals surface area (Å²) >= 11 is 0. The summed E-state index contributed by atoms with van der Waals surface area (Å²) < 4.78 is 5.63. The Balaban J connectivity index is 1.93. The summed E-state index contributed by atoms with van der Waals surface area (Å²) in [7, 11) is 0. The van der Waals surface area contributed by atoms with Gasteiger partial charge >= 0.3 is 0 Å². The van der Waals surface area contributed by atoms with Crippen LogP contribution in [0.25, 0.3) is 11.1 Å². The molecule has 0 amide bonds. The Bertz CT molecular complexity index is 1110. The molecule has 0 saturated heterocycles. The second-order valence-electron chi connectivity index (χ2n) is 6.51. The number of benzene rings is 2. The minimum absolute atomic E-state index is 0.114. The Morgan fingerprint density at radius 3 is 2.31 bits per heavy atom. The van der Waals surface area contributed by atoms with Crippen LogP contribution < -0.4 is 0 Å². The zero-order valence-corrected chi connectivity index (χ0v) is 13.3. The van der Waals surface area contributed by atoms with E-state index in [1.165, 1.54) is 18.2 Å². The minimum atomic E-state index is -1.92. The Labute approximate surface area is 147 Å². The SMILES string of the molecule is O=C1C=C2O[C@]3(O)CC(=O)c4c(O)cccc4C3=C2c2cccc(O)c21. The van der Waals surface area contributed by atoms with Gasteiger partial charge in [-0.15, -0.1) is 0 Å². The van der Waals surface area contributed by atoms with Crippen molar-refractivity contribution in [2.45, 2.75) is 12.2 Å². The highest BCUT2D eigenvalue weighted by atomic mass is 16.6. The van der Waals surface area contributed by atoms with Crippen molar-refractivity contribution in [2.24, 2.45) is 0 Å². The van der Waals surface area contributed by atoms with Crippen LogP contribution in [0.5, 0.6) is 11.5 Å². The molecule has 2 aliphatic carbocycles. The first-order valence-electron chi connectivity index (χ1n) is 8.01. The number of phenolic OH excluding ortho intramolecular Hbond substituents is 2. The van der Waals surface area contributed by atoms with Crippen molar-refractivity contribution in [3.05, 3.63) is 70.5 Å². The average molecular weight is 348 g/mol. The second kappa shape index (κ2) is 4.62. The Hall–Kier alpha value is -3.38. The van der Waals surface area contributed by atoms with E-state index in [4.69, 9.17) is 4.74 Å². The fraction of sp³-hybridized carbons (Fsp3) is 0.100. The molecule has 0 saturated carbocycles. The van der Waals surface area contributed by atoms with Crippen molar-refractivity contribution in [2.75, 3.05) is 0 Å². The number of aliphatic hydroxyl groups is 1. The lowest BCUT2D eigenvalue weighted by Crippen LogP contribution is -2.37. The highest BCUT2D eigenvalue weighted by molar-refractivity contribution is 6.22. The number of hydrogen-bond acceptors (Lipinski definition) is 6. The van der Waals surface area contributed by atoms with Crippen LogP contribution in [-0.2, 0) is 4.74 Å². The predicted molar refractivity (Wildman–Crippen MR) is 90.4 cm³/mol. The van der Waals surface area contributed by atoms with Crippen LogP contribution in [0.4, 0.5) is 0 Å². The van der Waals surface area contributed by atoms with Gasteiger partial charge in [-0.2, -0.15) is 0 Å². The maximum Gasteiger partial charge on any atom is 0.243 e. The van der Waals surface area contributed by atoms with Gasteiger partial charge in [0.15, 0.2) is 11.6 Å². The number of carbonyl (C=O) groups excluding carboxylic acids is 2. The van der Waals surface area contributed by atoms with Crippen LogP contribution in [0.2, 0.25) is 0 Å². The minimum Gasteiger partial charge on any atom is -0.507 e. The molecule has 0 bridgehead atoms. The molecular formula is C20H12O6. The smallest absolute Gasteiger partial charge is 0.243 e. The van der Waals surface area contributed by atoms with Crippen LogP contribution in [0.3, 0.4) is 0 Å². The molecule has 0 spiro atoms. The third kappa shape index (κ3) is 1.69. The third-order valence-electron chi connectivity index (χ3n) is 4.98. The monoisotopic (exact) mass is 348 g/mol. The maximum absolute atomic E-state index is 12.5. The zero-order chi connectivity index (χ0) is 18.2. The molecule has 0 fully saturated rings. The fourth-order valence-electron chi connectivity index (χ4n) is 3.99. The third-order valence-corrected chi connectivity index (χ3v) is 4.98. The molecular weight excluding hydrogens is 336 g/mol. The standard InChI is InChI=1S/C20H12O6/c21-11-5-1-3-9-16(11)13(23)7-15-18(9)19-10-4-2-6-12(22)17(10)14(24)8-20(19,25)26-15/h1-7,21-22,25H,8H2/t20-/m1/s1. The van der Waals surface area contributed by atoms with Crippen molar-refractivity contribution in [1.82, 2.24) is 0 Å². The van der Waals surface area contributed by atoms with E-state index in [0.717, 1.165) is 0 Å². The molecule has 2 aromatic carbocycles. The highest BCUT2D eigenvalue weighted by Crippen LogP contribution is 2.55. The molecule has 0 radical (unpaired) electrons. The summed E-state index contributed by atoms with van der Waals surface area (Å²) in [6.45, 7) is 0. The van der Waals surface area contributed by atoms with Crippen LogP contribution in [-0.4, -0.2) is 32.7 Å². The van der Waals surface area contributed by atoms with E-state index in [2.05, 4.69) is 0 Å². The first-order valence-corrected chi connectivity index (χ1v) is 8.01. The number of carbonyl (C=O) groups is 2. The Kier molecular flexibility index (Phi) is 2.65. The molecule has 0 aromatic heterocycles. The van der Waals surface area contributed by atoms with E-state index in [9.17, 15) is 24.9 Å². The number of hydrogen-bond donors (Lipinski definition) is 3. The van der Waals surface area contributed by atoms with E-state index in [1.54, 1.807) is 24.3 Å². The quantitative estimate of drug-likeness (QED) is 0.675. The first kappa shape index (κ1) is 14.9. The van der Waals surface area contributed by atoms with Gasteiger partial charge in [-0.05, 0) is 17.7 Å². The molecule has 6 heteroatoms. The lowest BCUT2D eigenvalue weighted by molar-refractivity contribution is -0.114. The number of ether oxygens (including phenoxy) is 1. The van der Waals surface area contributed by atoms with Gasteiger partial charge < -0.3 is 20.1 Å². The maximum atomic E-state index is 12.5. The summed E-state index contributed by atoms with van der Waals surface area (Å²) in [6, 6.07) is 9.24. The predicted octanol–water partition coefficient (Wildman–Crippen LogP) is 2.39. The topological polar surface area (TPSA) is 104 Å². The molecule has 2 aromatic rings. The van der Waals surface area contributed by atoms with Crippen LogP contribution >= 0.6 is 0 Å².